The minimum Gasteiger partial charge on any atom is -0.339 e. The van der Waals surface area contributed by atoms with Gasteiger partial charge in [-0.3, -0.25) is 14.6 Å². The van der Waals surface area contributed by atoms with E-state index < -0.39 is 0 Å². The fourth-order valence-corrected chi connectivity index (χ4v) is 4.94. The van der Waals surface area contributed by atoms with Crippen molar-refractivity contribution in [2.24, 2.45) is 0 Å². The number of halogens is 2. The van der Waals surface area contributed by atoms with Gasteiger partial charge in [-0.05, 0) is 46.5 Å². The molecule has 0 aromatic heterocycles. The summed E-state index contributed by atoms with van der Waals surface area (Å²) in [5.41, 5.74) is 4.52. The molecule has 0 N–H and O–H groups in total. The van der Waals surface area contributed by atoms with Crippen LogP contribution in [0.2, 0.25) is 0 Å². The molecule has 0 aliphatic carbocycles. The molecule has 1 amide bonds. The average molecular weight is 448 g/mol. The minimum atomic E-state index is -0.281. The minimum absolute atomic E-state index is 0.114. The third-order valence-corrected chi connectivity index (χ3v) is 6.67. The van der Waals surface area contributed by atoms with Crippen molar-refractivity contribution in [3.8, 4) is 0 Å². The van der Waals surface area contributed by atoms with Crippen molar-refractivity contribution in [3.05, 3.63) is 107 Å². The number of amides is 1. The van der Waals surface area contributed by atoms with E-state index in [1.165, 1.54) is 35.4 Å². The molecule has 0 radical (unpaired) electrons. The van der Waals surface area contributed by atoms with E-state index >= 15 is 0 Å². The van der Waals surface area contributed by atoms with Crippen molar-refractivity contribution in [1.82, 2.24) is 14.7 Å². The van der Waals surface area contributed by atoms with E-state index in [1.54, 1.807) is 24.3 Å². The molecule has 2 heterocycles. The van der Waals surface area contributed by atoms with Crippen molar-refractivity contribution >= 4 is 5.91 Å². The van der Waals surface area contributed by atoms with Gasteiger partial charge in [-0.1, -0.05) is 48.5 Å². The number of carbonyl (C=O) groups is 1. The van der Waals surface area contributed by atoms with Gasteiger partial charge in [0.2, 0.25) is 5.91 Å². The fraction of sp³-hybridized carbons (Fsp3) is 0.296. The van der Waals surface area contributed by atoms with Crippen molar-refractivity contribution in [2.75, 3.05) is 32.7 Å². The van der Waals surface area contributed by atoms with Crippen LogP contribution in [-0.4, -0.2) is 53.3 Å². The lowest BCUT2D eigenvalue weighted by molar-refractivity contribution is -0.134. The highest BCUT2D eigenvalue weighted by molar-refractivity contribution is 5.78. The molecule has 4 nitrogen and oxygen atoms in total. The van der Waals surface area contributed by atoms with Gasteiger partial charge in [0.05, 0.1) is 12.6 Å². The van der Waals surface area contributed by atoms with Crippen LogP contribution in [0.3, 0.4) is 0 Å². The smallest absolute Gasteiger partial charge is 0.236 e. The average Bonchev–Trinajstić information content (AvgIpc) is 3.24. The summed E-state index contributed by atoms with van der Waals surface area (Å²) in [4.78, 5) is 19.4. The molecule has 33 heavy (non-hydrogen) atoms. The summed E-state index contributed by atoms with van der Waals surface area (Å²) in [6.07, 6.45) is 0. The van der Waals surface area contributed by atoms with E-state index in [9.17, 15) is 13.6 Å². The normalized spacial score (nSPS) is 16.9. The summed E-state index contributed by atoms with van der Waals surface area (Å²) in [5.74, 6) is -0.408. The summed E-state index contributed by atoms with van der Waals surface area (Å²) < 4.78 is 27.1. The predicted octanol–water partition coefficient (Wildman–Crippen LogP) is 4.21. The first kappa shape index (κ1) is 21.7. The van der Waals surface area contributed by atoms with E-state index in [2.05, 4.69) is 21.9 Å². The van der Waals surface area contributed by atoms with Crippen LogP contribution in [0.15, 0.2) is 72.8 Å². The van der Waals surface area contributed by atoms with E-state index in [0.717, 1.165) is 24.2 Å². The van der Waals surface area contributed by atoms with E-state index in [1.807, 2.05) is 17.0 Å². The monoisotopic (exact) mass is 447 g/mol. The molecule has 170 valence electrons. The van der Waals surface area contributed by atoms with Crippen LogP contribution >= 0.6 is 0 Å². The molecular weight excluding hydrogens is 420 g/mol. The van der Waals surface area contributed by atoms with Gasteiger partial charge in [-0.2, -0.15) is 0 Å². The molecule has 0 spiro atoms. The molecule has 1 fully saturated rings. The highest BCUT2D eigenvalue weighted by atomic mass is 19.1. The van der Waals surface area contributed by atoms with Crippen LogP contribution in [0.25, 0.3) is 0 Å². The Bertz CT molecular complexity index is 1040. The number of rotatable bonds is 5. The quantitative estimate of drug-likeness (QED) is 0.586. The molecule has 0 saturated carbocycles. The lowest BCUT2D eigenvalue weighted by Gasteiger charge is -2.40. The number of hydrogen-bond acceptors (Lipinski definition) is 3. The van der Waals surface area contributed by atoms with Gasteiger partial charge in [0.25, 0.3) is 0 Å². The number of piperazine rings is 1. The highest BCUT2D eigenvalue weighted by Crippen LogP contribution is 2.30. The molecule has 5 rings (SSSR count). The topological polar surface area (TPSA) is 26.8 Å². The van der Waals surface area contributed by atoms with Crippen molar-refractivity contribution < 1.29 is 13.6 Å². The first-order valence-electron chi connectivity index (χ1n) is 11.4. The molecular formula is C27H27F2N3O. The Labute approximate surface area is 193 Å². The van der Waals surface area contributed by atoms with E-state index in [4.69, 9.17) is 0 Å². The van der Waals surface area contributed by atoms with Crippen molar-refractivity contribution in [1.29, 1.82) is 0 Å². The van der Waals surface area contributed by atoms with Gasteiger partial charge in [-0.15, -0.1) is 0 Å². The van der Waals surface area contributed by atoms with Crippen LogP contribution in [-0.2, 0) is 17.9 Å². The van der Waals surface area contributed by atoms with Gasteiger partial charge in [0, 0.05) is 39.3 Å². The van der Waals surface area contributed by atoms with Crippen LogP contribution in [0, 0.1) is 11.6 Å². The maximum absolute atomic E-state index is 13.5. The molecule has 3 aromatic carbocycles. The van der Waals surface area contributed by atoms with Gasteiger partial charge in [0.15, 0.2) is 0 Å². The number of hydrogen-bond donors (Lipinski definition) is 0. The third kappa shape index (κ3) is 4.82. The maximum Gasteiger partial charge on any atom is 0.236 e. The molecule has 3 aromatic rings. The zero-order chi connectivity index (χ0) is 22.8. The van der Waals surface area contributed by atoms with Gasteiger partial charge in [-0.25, -0.2) is 8.78 Å². The van der Waals surface area contributed by atoms with Crippen molar-refractivity contribution in [2.45, 2.75) is 19.1 Å². The van der Waals surface area contributed by atoms with Gasteiger partial charge in [0.1, 0.15) is 11.6 Å². The number of benzene rings is 3. The summed E-state index contributed by atoms with van der Waals surface area (Å²) in [6, 6.07) is 21.2. The zero-order valence-corrected chi connectivity index (χ0v) is 18.5. The SMILES string of the molecule is O=C(CN1Cc2ccccc2C1)N1CCN(C(c2ccc(F)cc2)c2ccc(F)cc2)CC1. The molecule has 0 atom stereocenters. The summed E-state index contributed by atoms with van der Waals surface area (Å²) in [6.45, 7) is 4.74. The van der Waals surface area contributed by atoms with Crippen LogP contribution in [0.1, 0.15) is 28.3 Å². The highest BCUT2D eigenvalue weighted by Gasteiger charge is 2.29. The Morgan fingerprint density at radius 2 is 1.21 bits per heavy atom. The number of carbonyl (C=O) groups excluding carboxylic acids is 1. The predicted molar refractivity (Wildman–Crippen MR) is 123 cm³/mol. The Morgan fingerprint density at radius 1 is 0.727 bits per heavy atom. The van der Waals surface area contributed by atoms with Crippen LogP contribution < -0.4 is 0 Å². The molecule has 2 aliphatic rings. The van der Waals surface area contributed by atoms with Gasteiger partial charge >= 0.3 is 0 Å². The van der Waals surface area contributed by atoms with E-state index in [0.29, 0.717) is 32.7 Å². The standard InChI is InChI=1S/C27H27F2N3O/c28-24-9-5-20(6-10-24)27(21-7-11-25(29)12-8-21)32-15-13-31(14-16-32)26(33)19-30-17-22-3-1-2-4-23(22)18-30/h1-12,27H,13-19H2. The number of nitrogens with zero attached hydrogens (tertiary/aromatic N) is 3. The van der Waals surface area contributed by atoms with E-state index in [-0.39, 0.29) is 23.6 Å². The third-order valence-electron chi connectivity index (χ3n) is 6.67. The molecule has 2 aliphatic heterocycles. The molecule has 0 unspecified atom stereocenters. The molecule has 1 saturated heterocycles. The summed E-state index contributed by atoms with van der Waals surface area (Å²) in [7, 11) is 0. The number of fused-ring (bicyclic) bond motifs is 1. The Balaban J connectivity index is 1.24. The largest absolute Gasteiger partial charge is 0.339 e. The van der Waals surface area contributed by atoms with Crippen LogP contribution in [0.5, 0.6) is 0 Å². The second kappa shape index (κ2) is 9.41. The Morgan fingerprint density at radius 3 is 1.70 bits per heavy atom. The Kier molecular flexibility index (Phi) is 6.20. The molecule has 0 bridgehead atoms. The summed E-state index contributed by atoms with van der Waals surface area (Å²) >= 11 is 0. The first-order chi connectivity index (χ1) is 16.1. The summed E-state index contributed by atoms with van der Waals surface area (Å²) in [5, 5.41) is 0. The van der Waals surface area contributed by atoms with Crippen LogP contribution in [0.4, 0.5) is 8.78 Å². The lowest BCUT2D eigenvalue weighted by Crippen LogP contribution is -2.51. The lowest BCUT2D eigenvalue weighted by atomic mass is 9.96. The first-order valence-corrected chi connectivity index (χ1v) is 11.4. The maximum atomic E-state index is 13.5. The molecule has 6 heteroatoms. The zero-order valence-electron chi connectivity index (χ0n) is 18.5. The Hall–Kier alpha value is -3.09. The van der Waals surface area contributed by atoms with Crippen molar-refractivity contribution in [3.63, 3.8) is 0 Å². The second-order valence-electron chi connectivity index (χ2n) is 8.84. The van der Waals surface area contributed by atoms with Gasteiger partial charge < -0.3 is 4.90 Å². The fourth-order valence-electron chi connectivity index (χ4n) is 4.94. The second-order valence-corrected chi connectivity index (χ2v) is 8.84.